The van der Waals surface area contributed by atoms with Crippen molar-refractivity contribution in [3.8, 4) is 17.1 Å². The second-order valence-corrected chi connectivity index (χ2v) is 5.87. The Morgan fingerprint density at radius 1 is 1.12 bits per heavy atom. The standard InChI is InChI=1S/C21H18ClNO3/c1-2-25-16-9-7-15(8-10-16)23-21(24)14-12-17-11-13-20(26-17)18-5-3-4-6-19(18)22/h3-14H,2H2,1H3,(H,23,24)/b14-12+. The molecule has 5 heteroatoms. The number of amides is 1. The zero-order valence-corrected chi connectivity index (χ0v) is 15.0. The quantitative estimate of drug-likeness (QED) is 0.572. The number of nitrogens with one attached hydrogen (secondary N) is 1. The van der Waals surface area contributed by atoms with Crippen LogP contribution in [0.2, 0.25) is 5.02 Å². The number of hydrogen-bond donors (Lipinski definition) is 1. The molecular weight excluding hydrogens is 350 g/mol. The first kappa shape index (κ1) is 17.8. The molecule has 0 aliphatic rings. The van der Waals surface area contributed by atoms with Gasteiger partial charge in [0, 0.05) is 17.3 Å². The van der Waals surface area contributed by atoms with E-state index in [0.29, 0.717) is 28.8 Å². The molecule has 1 heterocycles. The Morgan fingerprint density at radius 2 is 1.88 bits per heavy atom. The average Bonchev–Trinajstić information content (AvgIpc) is 3.11. The minimum absolute atomic E-state index is 0.246. The number of furan rings is 1. The average molecular weight is 368 g/mol. The molecule has 132 valence electrons. The molecule has 0 unspecified atom stereocenters. The van der Waals surface area contributed by atoms with E-state index >= 15 is 0 Å². The molecule has 0 aliphatic carbocycles. The lowest BCUT2D eigenvalue weighted by molar-refractivity contribution is -0.111. The Morgan fingerprint density at radius 3 is 2.62 bits per heavy atom. The molecule has 0 spiro atoms. The van der Waals surface area contributed by atoms with E-state index in [-0.39, 0.29) is 5.91 Å². The maximum Gasteiger partial charge on any atom is 0.248 e. The van der Waals surface area contributed by atoms with Gasteiger partial charge >= 0.3 is 0 Å². The van der Waals surface area contributed by atoms with Crippen LogP contribution in [0, 0.1) is 0 Å². The number of carbonyl (C=O) groups is 1. The van der Waals surface area contributed by atoms with E-state index in [1.165, 1.54) is 6.08 Å². The van der Waals surface area contributed by atoms with Gasteiger partial charge < -0.3 is 14.5 Å². The van der Waals surface area contributed by atoms with Gasteiger partial charge in [-0.3, -0.25) is 4.79 Å². The van der Waals surface area contributed by atoms with E-state index in [1.54, 1.807) is 30.3 Å². The Hall–Kier alpha value is -2.98. The molecule has 3 rings (SSSR count). The summed E-state index contributed by atoms with van der Waals surface area (Å²) < 4.78 is 11.1. The number of halogens is 1. The van der Waals surface area contributed by atoms with E-state index in [1.807, 2.05) is 43.3 Å². The predicted octanol–water partition coefficient (Wildman–Crippen LogP) is 5.65. The van der Waals surface area contributed by atoms with Gasteiger partial charge in [-0.05, 0) is 61.5 Å². The normalized spacial score (nSPS) is 10.8. The van der Waals surface area contributed by atoms with Crippen LogP contribution in [-0.4, -0.2) is 12.5 Å². The fraction of sp³-hybridized carbons (Fsp3) is 0.0952. The number of hydrogen-bond acceptors (Lipinski definition) is 3. The zero-order chi connectivity index (χ0) is 18.4. The van der Waals surface area contributed by atoms with Crippen LogP contribution in [0.15, 0.2) is 71.2 Å². The van der Waals surface area contributed by atoms with E-state index < -0.39 is 0 Å². The largest absolute Gasteiger partial charge is 0.494 e. The number of rotatable bonds is 6. The Bertz CT molecular complexity index is 913. The molecule has 1 amide bonds. The molecular formula is C21H18ClNO3. The number of ether oxygens (including phenoxy) is 1. The summed E-state index contributed by atoms with van der Waals surface area (Å²) in [5, 5.41) is 3.40. The summed E-state index contributed by atoms with van der Waals surface area (Å²) in [7, 11) is 0. The van der Waals surface area contributed by atoms with Crippen LogP contribution in [-0.2, 0) is 4.79 Å². The summed E-state index contributed by atoms with van der Waals surface area (Å²) >= 11 is 6.17. The Balaban J connectivity index is 1.63. The highest BCUT2D eigenvalue weighted by molar-refractivity contribution is 6.33. The fourth-order valence-electron chi connectivity index (χ4n) is 2.39. The number of anilines is 1. The molecule has 0 radical (unpaired) electrons. The van der Waals surface area contributed by atoms with Gasteiger partial charge in [0.15, 0.2) is 0 Å². The van der Waals surface area contributed by atoms with Crippen molar-refractivity contribution in [1.82, 2.24) is 0 Å². The summed E-state index contributed by atoms with van der Waals surface area (Å²) in [4.78, 5) is 12.0. The van der Waals surface area contributed by atoms with Crippen molar-refractivity contribution in [2.45, 2.75) is 6.92 Å². The summed E-state index contributed by atoms with van der Waals surface area (Å²) in [6, 6.07) is 18.3. The third-order valence-corrected chi connectivity index (χ3v) is 3.93. The van der Waals surface area contributed by atoms with Crippen molar-refractivity contribution in [2.24, 2.45) is 0 Å². The summed E-state index contributed by atoms with van der Waals surface area (Å²) in [6.07, 6.45) is 3.04. The summed E-state index contributed by atoms with van der Waals surface area (Å²) in [5.41, 5.74) is 1.51. The van der Waals surface area contributed by atoms with Gasteiger partial charge in [0.05, 0.1) is 11.6 Å². The third kappa shape index (κ3) is 4.55. The molecule has 0 saturated carbocycles. The minimum Gasteiger partial charge on any atom is -0.494 e. The highest BCUT2D eigenvalue weighted by Crippen LogP contribution is 2.29. The molecule has 2 aromatic carbocycles. The maximum atomic E-state index is 12.0. The van der Waals surface area contributed by atoms with Gasteiger partial charge in [0.25, 0.3) is 0 Å². The van der Waals surface area contributed by atoms with E-state index in [0.717, 1.165) is 11.3 Å². The number of carbonyl (C=O) groups excluding carboxylic acids is 1. The second kappa shape index (κ2) is 8.41. The number of benzene rings is 2. The lowest BCUT2D eigenvalue weighted by Gasteiger charge is -2.05. The first-order chi connectivity index (χ1) is 12.7. The van der Waals surface area contributed by atoms with Gasteiger partial charge in [-0.15, -0.1) is 0 Å². The van der Waals surface area contributed by atoms with Crippen LogP contribution in [0.4, 0.5) is 5.69 Å². The third-order valence-electron chi connectivity index (χ3n) is 3.60. The highest BCUT2D eigenvalue weighted by atomic mass is 35.5. The maximum absolute atomic E-state index is 12.0. The van der Waals surface area contributed by atoms with E-state index in [2.05, 4.69) is 5.32 Å². The van der Waals surface area contributed by atoms with Crippen LogP contribution in [0.1, 0.15) is 12.7 Å². The lowest BCUT2D eigenvalue weighted by Crippen LogP contribution is -2.07. The molecule has 0 fully saturated rings. The first-order valence-electron chi connectivity index (χ1n) is 8.22. The predicted molar refractivity (Wildman–Crippen MR) is 104 cm³/mol. The van der Waals surface area contributed by atoms with Gasteiger partial charge in [-0.2, -0.15) is 0 Å². The van der Waals surface area contributed by atoms with Crippen LogP contribution in [0.25, 0.3) is 17.4 Å². The molecule has 26 heavy (non-hydrogen) atoms. The van der Waals surface area contributed by atoms with E-state index in [4.69, 9.17) is 20.8 Å². The monoisotopic (exact) mass is 367 g/mol. The molecule has 1 N–H and O–H groups in total. The molecule has 0 atom stereocenters. The van der Waals surface area contributed by atoms with Crippen LogP contribution >= 0.6 is 11.6 Å². The fourth-order valence-corrected chi connectivity index (χ4v) is 2.62. The molecule has 0 bridgehead atoms. The topological polar surface area (TPSA) is 51.5 Å². The molecule has 1 aromatic heterocycles. The van der Waals surface area contributed by atoms with Gasteiger partial charge in [-0.1, -0.05) is 23.7 Å². The summed E-state index contributed by atoms with van der Waals surface area (Å²) in [6.45, 7) is 2.53. The van der Waals surface area contributed by atoms with Crippen molar-refractivity contribution in [3.63, 3.8) is 0 Å². The van der Waals surface area contributed by atoms with Crippen molar-refractivity contribution in [1.29, 1.82) is 0 Å². The van der Waals surface area contributed by atoms with Crippen LogP contribution in [0.5, 0.6) is 5.75 Å². The van der Waals surface area contributed by atoms with Gasteiger partial charge in [-0.25, -0.2) is 0 Å². The Labute approximate surface area is 157 Å². The van der Waals surface area contributed by atoms with Crippen LogP contribution < -0.4 is 10.1 Å². The molecule has 4 nitrogen and oxygen atoms in total. The SMILES string of the molecule is CCOc1ccc(NC(=O)/C=C/c2ccc(-c3ccccc3Cl)o2)cc1. The van der Waals surface area contributed by atoms with Crippen molar-refractivity contribution < 1.29 is 13.9 Å². The molecule has 3 aromatic rings. The van der Waals surface area contributed by atoms with Crippen LogP contribution in [0.3, 0.4) is 0 Å². The Kier molecular flexibility index (Phi) is 5.77. The van der Waals surface area contributed by atoms with Gasteiger partial charge in [0.2, 0.25) is 5.91 Å². The smallest absolute Gasteiger partial charge is 0.248 e. The minimum atomic E-state index is -0.246. The second-order valence-electron chi connectivity index (χ2n) is 5.46. The van der Waals surface area contributed by atoms with Crippen molar-refractivity contribution in [3.05, 3.63) is 77.5 Å². The summed E-state index contributed by atoms with van der Waals surface area (Å²) in [5.74, 6) is 1.75. The van der Waals surface area contributed by atoms with Crippen molar-refractivity contribution in [2.75, 3.05) is 11.9 Å². The van der Waals surface area contributed by atoms with E-state index in [9.17, 15) is 4.79 Å². The lowest BCUT2D eigenvalue weighted by atomic mass is 10.2. The van der Waals surface area contributed by atoms with Crippen molar-refractivity contribution >= 4 is 29.3 Å². The molecule has 0 aliphatic heterocycles. The first-order valence-corrected chi connectivity index (χ1v) is 8.60. The molecule has 0 saturated heterocycles. The highest BCUT2D eigenvalue weighted by Gasteiger charge is 2.07. The zero-order valence-electron chi connectivity index (χ0n) is 14.2. The van der Waals surface area contributed by atoms with Gasteiger partial charge in [0.1, 0.15) is 17.3 Å².